The third kappa shape index (κ3) is 4.84. The minimum Gasteiger partial charge on any atom is -0.329 e. The van der Waals surface area contributed by atoms with Gasteiger partial charge in [0.1, 0.15) is 6.54 Å². The Balaban J connectivity index is 1.88. The van der Waals surface area contributed by atoms with Crippen LogP contribution < -0.4 is 5.32 Å². The van der Waals surface area contributed by atoms with E-state index in [1.165, 1.54) is 4.90 Å². The number of carbonyl (C=O) groups excluding carboxylic acids is 2. The third-order valence-corrected chi connectivity index (χ3v) is 4.75. The van der Waals surface area contributed by atoms with Gasteiger partial charge in [-0.2, -0.15) is 0 Å². The average molecular weight is 429 g/mol. The molecule has 0 saturated carbocycles. The molecule has 1 N–H and O–H groups in total. The number of benzene rings is 2. The van der Waals surface area contributed by atoms with Gasteiger partial charge in [-0.1, -0.05) is 18.6 Å². The minimum absolute atomic E-state index is 0.279. The minimum atomic E-state index is -1.67. The predicted octanol–water partition coefficient (Wildman–Crippen LogP) is 4.76. The number of fused-ring (bicyclic) bond motifs is 1. The molecule has 0 saturated heterocycles. The summed E-state index contributed by atoms with van der Waals surface area (Å²) in [7, 11) is 0. The molecular formula is C23H22F3N3O2. The van der Waals surface area contributed by atoms with Crippen molar-refractivity contribution in [3.8, 4) is 0 Å². The van der Waals surface area contributed by atoms with Crippen LogP contribution in [0.4, 0.5) is 18.9 Å². The lowest BCUT2D eigenvalue weighted by atomic mass is 10.0. The maximum absolute atomic E-state index is 13.9. The van der Waals surface area contributed by atoms with Crippen LogP contribution in [0.25, 0.3) is 10.9 Å². The largest absolute Gasteiger partial charge is 0.329 e. The number of carbonyl (C=O) groups is 2. The van der Waals surface area contributed by atoms with Gasteiger partial charge in [-0.25, -0.2) is 13.2 Å². The van der Waals surface area contributed by atoms with Crippen molar-refractivity contribution in [2.45, 2.75) is 27.2 Å². The zero-order chi connectivity index (χ0) is 22.7. The van der Waals surface area contributed by atoms with E-state index in [4.69, 9.17) is 0 Å². The highest BCUT2D eigenvalue weighted by Gasteiger charge is 2.22. The van der Waals surface area contributed by atoms with Gasteiger partial charge in [-0.3, -0.25) is 14.6 Å². The lowest BCUT2D eigenvalue weighted by Crippen LogP contribution is -2.38. The second kappa shape index (κ2) is 9.16. The number of rotatable bonds is 6. The van der Waals surface area contributed by atoms with Crippen LogP contribution in [-0.4, -0.2) is 34.8 Å². The number of nitrogens with one attached hydrogen (secondary N) is 1. The molecule has 5 nitrogen and oxygen atoms in total. The van der Waals surface area contributed by atoms with Crippen LogP contribution in [0.15, 0.2) is 36.4 Å². The zero-order valence-corrected chi connectivity index (χ0v) is 17.4. The van der Waals surface area contributed by atoms with Gasteiger partial charge in [0.15, 0.2) is 17.5 Å². The molecule has 0 aliphatic rings. The predicted molar refractivity (Wildman–Crippen MR) is 112 cm³/mol. The highest BCUT2D eigenvalue weighted by molar-refractivity contribution is 6.07. The molecule has 0 spiro atoms. The van der Waals surface area contributed by atoms with Crippen molar-refractivity contribution in [3.63, 3.8) is 0 Å². The number of amides is 2. The van der Waals surface area contributed by atoms with Gasteiger partial charge in [0.2, 0.25) is 5.91 Å². The Kier molecular flexibility index (Phi) is 6.58. The SMILES string of the molecule is CCCN(CC(=O)Nc1ccc(F)c(F)c1F)C(=O)c1cc(C)nc2ccc(C)cc12. The topological polar surface area (TPSA) is 62.3 Å². The molecule has 0 fully saturated rings. The Labute approximate surface area is 177 Å². The molecule has 3 rings (SSSR count). The van der Waals surface area contributed by atoms with Gasteiger partial charge < -0.3 is 10.2 Å². The standard InChI is InChI=1S/C23H22F3N3O2/c1-4-9-29(12-20(30)28-19-8-6-17(24)21(25)22(19)26)23(31)16-11-14(3)27-18-7-5-13(2)10-15(16)18/h5-8,10-11H,4,9,12H2,1-3H3,(H,28,30). The zero-order valence-electron chi connectivity index (χ0n) is 17.4. The lowest BCUT2D eigenvalue weighted by molar-refractivity contribution is -0.116. The fourth-order valence-electron chi connectivity index (χ4n) is 3.33. The molecule has 162 valence electrons. The van der Waals surface area contributed by atoms with Crippen LogP contribution in [-0.2, 0) is 4.79 Å². The quantitative estimate of drug-likeness (QED) is 0.575. The number of nitrogens with zero attached hydrogens (tertiary/aromatic N) is 2. The molecule has 0 atom stereocenters. The van der Waals surface area contributed by atoms with Crippen LogP contribution in [0, 0.1) is 31.3 Å². The number of aryl methyl sites for hydroxylation is 2. The van der Waals surface area contributed by atoms with Gasteiger partial charge in [0.25, 0.3) is 5.91 Å². The van der Waals surface area contributed by atoms with E-state index in [2.05, 4.69) is 10.3 Å². The van der Waals surface area contributed by atoms with E-state index >= 15 is 0 Å². The van der Waals surface area contributed by atoms with E-state index in [0.29, 0.717) is 28.6 Å². The molecule has 0 aliphatic carbocycles. The monoisotopic (exact) mass is 429 g/mol. The molecule has 31 heavy (non-hydrogen) atoms. The van der Waals surface area contributed by atoms with E-state index in [0.717, 1.165) is 17.7 Å². The molecule has 2 amide bonds. The molecule has 0 unspecified atom stereocenters. The van der Waals surface area contributed by atoms with Gasteiger partial charge in [0, 0.05) is 17.6 Å². The Morgan fingerprint density at radius 2 is 1.77 bits per heavy atom. The summed E-state index contributed by atoms with van der Waals surface area (Å²) in [6, 6.07) is 8.90. The highest BCUT2D eigenvalue weighted by Crippen LogP contribution is 2.23. The molecule has 0 bridgehead atoms. The summed E-state index contributed by atoms with van der Waals surface area (Å²) < 4.78 is 40.4. The van der Waals surface area contributed by atoms with Crippen LogP contribution in [0.1, 0.15) is 35.0 Å². The summed E-state index contributed by atoms with van der Waals surface area (Å²) in [5.41, 5.74) is 2.20. The van der Waals surface area contributed by atoms with E-state index in [-0.39, 0.29) is 19.0 Å². The van der Waals surface area contributed by atoms with Gasteiger partial charge >= 0.3 is 0 Å². The fourth-order valence-corrected chi connectivity index (χ4v) is 3.33. The highest BCUT2D eigenvalue weighted by atomic mass is 19.2. The Morgan fingerprint density at radius 1 is 1.03 bits per heavy atom. The second-order valence-electron chi connectivity index (χ2n) is 7.33. The lowest BCUT2D eigenvalue weighted by Gasteiger charge is -2.23. The first-order chi connectivity index (χ1) is 14.7. The van der Waals surface area contributed by atoms with Crippen LogP contribution in [0.3, 0.4) is 0 Å². The fraction of sp³-hybridized carbons (Fsp3) is 0.261. The van der Waals surface area contributed by atoms with Gasteiger partial charge in [0.05, 0.1) is 16.8 Å². The van der Waals surface area contributed by atoms with E-state index in [1.54, 1.807) is 13.0 Å². The second-order valence-corrected chi connectivity index (χ2v) is 7.33. The summed E-state index contributed by atoms with van der Waals surface area (Å²) in [6.45, 7) is 5.44. The van der Waals surface area contributed by atoms with Gasteiger partial charge in [-0.05, 0) is 50.6 Å². The molecule has 1 aromatic heterocycles. The molecule has 8 heteroatoms. The number of anilines is 1. The van der Waals surface area contributed by atoms with Gasteiger partial charge in [-0.15, -0.1) is 0 Å². The summed E-state index contributed by atoms with van der Waals surface area (Å²) >= 11 is 0. The summed E-state index contributed by atoms with van der Waals surface area (Å²) in [6.07, 6.45) is 0.583. The maximum Gasteiger partial charge on any atom is 0.255 e. The number of hydrogen-bond donors (Lipinski definition) is 1. The van der Waals surface area contributed by atoms with Crippen molar-refractivity contribution >= 4 is 28.4 Å². The third-order valence-electron chi connectivity index (χ3n) is 4.75. The van der Waals surface area contributed by atoms with Crippen LogP contribution >= 0.6 is 0 Å². The summed E-state index contributed by atoms with van der Waals surface area (Å²) in [5.74, 6) is -5.61. The van der Waals surface area contributed by atoms with Crippen molar-refractivity contribution in [2.75, 3.05) is 18.4 Å². The normalized spacial score (nSPS) is 10.9. The maximum atomic E-state index is 13.9. The smallest absolute Gasteiger partial charge is 0.255 e. The molecule has 0 aliphatic heterocycles. The first-order valence-electron chi connectivity index (χ1n) is 9.82. The van der Waals surface area contributed by atoms with Crippen LogP contribution in [0.5, 0.6) is 0 Å². The Bertz CT molecular complexity index is 1160. The first kappa shape index (κ1) is 22.3. The first-order valence-corrected chi connectivity index (χ1v) is 9.82. The van der Waals surface area contributed by atoms with Crippen LogP contribution in [0.2, 0.25) is 0 Å². The van der Waals surface area contributed by atoms with Crippen molar-refractivity contribution in [1.29, 1.82) is 0 Å². The molecule has 3 aromatic rings. The average Bonchev–Trinajstić information content (AvgIpc) is 2.73. The summed E-state index contributed by atoms with van der Waals surface area (Å²) in [4.78, 5) is 31.6. The Hall–Kier alpha value is -3.42. The van der Waals surface area contributed by atoms with E-state index < -0.39 is 29.0 Å². The summed E-state index contributed by atoms with van der Waals surface area (Å²) in [5, 5.41) is 2.87. The van der Waals surface area contributed by atoms with Crippen molar-refractivity contribution in [2.24, 2.45) is 0 Å². The number of pyridine rings is 1. The number of hydrogen-bond acceptors (Lipinski definition) is 3. The van der Waals surface area contributed by atoms with Crippen molar-refractivity contribution < 1.29 is 22.8 Å². The number of aromatic nitrogens is 1. The Morgan fingerprint density at radius 3 is 2.48 bits per heavy atom. The molecule has 0 radical (unpaired) electrons. The van der Waals surface area contributed by atoms with E-state index in [9.17, 15) is 22.8 Å². The van der Waals surface area contributed by atoms with Crippen molar-refractivity contribution in [3.05, 3.63) is 70.7 Å². The molecular weight excluding hydrogens is 407 g/mol. The molecule has 1 heterocycles. The van der Waals surface area contributed by atoms with Crippen molar-refractivity contribution in [1.82, 2.24) is 9.88 Å². The molecule has 2 aromatic carbocycles. The van der Waals surface area contributed by atoms with E-state index in [1.807, 2.05) is 32.0 Å². The number of halogens is 3.